The summed E-state index contributed by atoms with van der Waals surface area (Å²) in [6, 6.07) is 0. The molecule has 96 valence electrons. The van der Waals surface area contributed by atoms with Gasteiger partial charge < -0.3 is 10.1 Å². The van der Waals surface area contributed by atoms with E-state index in [0.717, 1.165) is 32.1 Å². The summed E-state index contributed by atoms with van der Waals surface area (Å²) in [7, 11) is 0. The van der Waals surface area contributed by atoms with Gasteiger partial charge in [-0.1, -0.05) is 34.1 Å². The summed E-state index contributed by atoms with van der Waals surface area (Å²) in [5, 5.41) is 3.33. The van der Waals surface area contributed by atoms with E-state index in [1.807, 2.05) is 0 Å². The van der Waals surface area contributed by atoms with Crippen LogP contribution in [0.3, 0.4) is 0 Å². The van der Waals surface area contributed by atoms with Crippen molar-refractivity contribution in [1.29, 1.82) is 0 Å². The molecule has 0 saturated carbocycles. The van der Waals surface area contributed by atoms with Gasteiger partial charge in [-0.2, -0.15) is 0 Å². The van der Waals surface area contributed by atoms with E-state index in [9.17, 15) is 4.79 Å². The van der Waals surface area contributed by atoms with E-state index in [2.05, 4.69) is 33.0 Å². The predicted octanol–water partition coefficient (Wildman–Crippen LogP) is 2.89. The number of hydrogen-bond donors (Lipinski definition) is 1. The van der Waals surface area contributed by atoms with Gasteiger partial charge >= 0.3 is 5.97 Å². The number of carbonyl (C=O) groups is 1. The molecule has 0 radical (unpaired) electrons. The number of unbranched alkanes of at least 4 members (excludes halogenated alkanes) is 1. The van der Waals surface area contributed by atoms with E-state index < -0.39 is 0 Å². The third-order valence-electron chi connectivity index (χ3n) is 3.40. The fourth-order valence-corrected chi connectivity index (χ4v) is 1.77. The Balaban J connectivity index is 3.87. The highest BCUT2D eigenvalue weighted by molar-refractivity contribution is 5.71. The van der Waals surface area contributed by atoms with Crippen molar-refractivity contribution in [3.05, 3.63) is 0 Å². The summed E-state index contributed by atoms with van der Waals surface area (Å²) in [5.41, 5.74) is 0.101. The lowest BCUT2D eigenvalue weighted by atomic mass is 9.90. The van der Waals surface area contributed by atoms with E-state index in [-0.39, 0.29) is 11.5 Å². The van der Waals surface area contributed by atoms with Crippen LogP contribution < -0.4 is 5.32 Å². The fraction of sp³-hybridized carbons (Fsp3) is 0.923. The lowest BCUT2D eigenvalue weighted by Gasteiger charge is -2.31. The molecule has 0 aromatic heterocycles. The molecule has 0 fully saturated rings. The second-order valence-electron chi connectivity index (χ2n) is 4.27. The van der Waals surface area contributed by atoms with Crippen LogP contribution in [0, 0.1) is 0 Å². The first-order chi connectivity index (χ1) is 7.64. The van der Waals surface area contributed by atoms with Gasteiger partial charge in [-0.15, -0.1) is 0 Å². The number of hydrogen-bond acceptors (Lipinski definition) is 3. The van der Waals surface area contributed by atoms with Crippen molar-refractivity contribution < 1.29 is 9.53 Å². The van der Waals surface area contributed by atoms with Crippen LogP contribution in [0.2, 0.25) is 0 Å². The van der Waals surface area contributed by atoms with E-state index in [1.54, 1.807) is 0 Å². The summed E-state index contributed by atoms with van der Waals surface area (Å²) in [6.07, 6.45) is 5.14. The smallest absolute Gasteiger partial charge is 0.319 e. The zero-order valence-corrected chi connectivity index (χ0v) is 11.3. The normalized spacial score (nSPS) is 11.5. The maximum Gasteiger partial charge on any atom is 0.319 e. The second kappa shape index (κ2) is 8.57. The topological polar surface area (TPSA) is 38.3 Å². The lowest BCUT2D eigenvalue weighted by Crippen LogP contribution is -2.46. The molecule has 0 aliphatic heterocycles. The van der Waals surface area contributed by atoms with Gasteiger partial charge in [0, 0.05) is 5.54 Å². The van der Waals surface area contributed by atoms with Crippen LogP contribution in [0.4, 0.5) is 0 Å². The van der Waals surface area contributed by atoms with E-state index in [1.165, 1.54) is 0 Å². The van der Waals surface area contributed by atoms with Crippen LogP contribution in [-0.2, 0) is 9.53 Å². The van der Waals surface area contributed by atoms with Crippen molar-refractivity contribution in [3.63, 3.8) is 0 Å². The zero-order chi connectivity index (χ0) is 12.4. The molecule has 0 aromatic rings. The van der Waals surface area contributed by atoms with Crippen molar-refractivity contribution in [2.45, 2.75) is 65.3 Å². The highest BCUT2D eigenvalue weighted by Crippen LogP contribution is 2.18. The summed E-state index contributed by atoms with van der Waals surface area (Å²) in [4.78, 5) is 11.4. The van der Waals surface area contributed by atoms with Crippen LogP contribution in [-0.4, -0.2) is 24.7 Å². The molecule has 0 rings (SSSR count). The molecular formula is C13H27NO2. The van der Waals surface area contributed by atoms with Crippen molar-refractivity contribution in [3.8, 4) is 0 Å². The Hall–Kier alpha value is -0.570. The molecule has 0 heterocycles. The Kier molecular flexibility index (Phi) is 8.26. The molecule has 0 atom stereocenters. The van der Waals surface area contributed by atoms with E-state index in [0.29, 0.717) is 13.2 Å². The molecule has 0 saturated heterocycles. The zero-order valence-electron chi connectivity index (χ0n) is 11.3. The number of rotatable bonds is 9. The van der Waals surface area contributed by atoms with Gasteiger partial charge in [0.05, 0.1) is 13.2 Å². The molecule has 0 bridgehead atoms. The molecule has 16 heavy (non-hydrogen) atoms. The molecule has 0 aliphatic carbocycles. The highest BCUT2D eigenvalue weighted by atomic mass is 16.5. The van der Waals surface area contributed by atoms with Gasteiger partial charge in [0.15, 0.2) is 0 Å². The Labute approximate surface area is 99.9 Å². The summed E-state index contributed by atoms with van der Waals surface area (Å²) >= 11 is 0. The van der Waals surface area contributed by atoms with Crippen LogP contribution in [0.1, 0.15) is 59.8 Å². The summed E-state index contributed by atoms with van der Waals surface area (Å²) in [5.74, 6) is -0.131. The van der Waals surface area contributed by atoms with Gasteiger partial charge in [-0.05, 0) is 25.7 Å². The number of carbonyl (C=O) groups excluding carboxylic acids is 1. The molecule has 0 aliphatic rings. The van der Waals surface area contributed by atoms with Gasteiger partial charge in [-0.3, -0.25) is 4.79 Å². The number of nitrogens with one attached hydrogen (secondary N) is 1. The third-order valence-corrected chi connectivity index (χ3v) is 3.40. The Morgan fingerprint density at radius 2 is 1.69 bits per heavy atom. The SMILES string of the molecule is CCCCOC(=O)CNC(CC)(CC)CC. The number of ether oxygens (including phenoxy) is 1. The first-order valence-electron chi connectivity index (χ1n) is 6.54. The van der Waals surface area contributed by atoms with E-state index >= 15 is 0 Å². The minimum Gasteiger partial charge on any atom is -0.465 e. The van der Waals surface area contributed by atoms with Crippen molar-refractivity contribution in [2.75, 3.05) is 13.2 Å². The molecule has 1 N–H and O–H groups in total. The van der Waals surface area contributed by atoms with Crippen LogP contribution in [0.15, 0.2) is 0 Å². The highest BCUT2D eigenvalue weighted by Gasteiger charge is 2.23. The maximum atomic E-state index is 11.4. The second-order valence-corrected chi connectivity index (χ2v) is 4.27. The fourth-order valence-electron chi connectivity index (χ4n) is 1.77. The van der Waals surface area contributed by atoms with Crippen LogP contribution in [0.25, 0.3) is 0 Å². The Morgan fingerprint density at radius 1 is 1.12 bits per heavy atom. The molecule has 3 heteroatoms. The quantitative estimate of drug-likeness (QED) is 0.488. The average molecular weight is 229 g/mol. The molecular weight excluding hydrogens is 202 g/mol. The minimum absolute atomic E-state index is 0.101. The molecule has 3 nitrogen and oxygen atoms in total. The van der Waals surface area contributed by atoms with Crippen LogP contribution in [0.5, 0.6) is 0 Å². The molecule has 0 spiro atoms. The minimum atomic E-state index is -0.131. The Bertz CT molecular complexity index is 180. The summed E-state index contributed by atoms with van der Waals surface area (Å²) < 4.78 is 5.11. The third kappa shape index (κ3) is 5.50. The van der Waals surface area contributed by atoms with Gasteiger partial charge in [0.1, 0.15) is 0 Å². The van der Waals surface area contributed by atoms with Crippen molar-refractivity contribution in [1.82, 2.24) is 5.32 Å². The lowest BCUT2D eigenvalue weighted by molar-refractivity contribution is -0.143. The van der Waals surface area contributed by atoms with Gasteiger partial charge in [0.2, 0.25) is 0 Å². The average Bonchev–Trinajstić information content (AvgIpc) is 2.32. The van der Waals surface area contributed by atoms with Crippen molar-refractivity contribution >= 4 is 5.97 Å². The molecule has 0 aromatic carbocycles. The summed E-state index contributed by atoms with van der Waals surface area (Å²) in [6.45, 7) is 9.43. The van der Waals surface area contributed by atoms with Gasteiger partial charge in [0.25, 0.3) is 0 Å². The monoisotopic (exact) mass is 229 g/mol. The first-order valence-corrected chi connectivity index (χ1v) is 6.54. The van der Waals surface area contributed by atoms with Crippen LogP contribution >= 0.6 is 0 Å². The predicted molar refractivity (Wildman–Crippen MR) is 67.5 cm³/mol. The standard InChI is InChI=1S/C13H27NO2/c1-5-9-10-16-12(15)11-14-13(6-2,7-3)8-4/h14H,5-11H2,1-4H3. The largest absolute Gasteiger partial charge is 0.465 e. The Morgan fingerprint density at radius 3 is 2.12 bits per heavy atom. The van der Waals surface area contributed by atoms with Crippen molar-refractivity contribution in [2.24, 2.45) is 0 Å². The molecule has 0 amide bonds. The number of esters is 1. The maximum absolute atomic E-state index is 11.4. The van der Waals surface area contributed by atoms with Gasteiger partial charge in [-0.25, -0.2) is 0 Å². The first kappa shape index (κ1) is 15.4. The molecule has 0 unspecified atom stereocenters. The van der Waals surface area contributed by atoms with E-state index in [4.69, 9.17) is 4.74 Å².